The molecule has 1 saturated heterocycles. The average molecular weight is 436 g/mol. The number of aryl methyl sites for hydroxylation is 1. The van der Waals surface area contributed by atoms with E-state index >= 15 is 0 Å². The van der Waals surface area contributed by atoms with Crippen molar-refractivity contribution < 1.29 is 4.79 Å². The normalized spacial score (nSPS) is 13.9. The van der Waals surface area contributed by atoms with E-state index in [2.05, 4.69) is 57.0 Å². The van der Waals surface area contributed by atoms with E-state index in [1.165, 1.54) is 36.6 Å². The van der Waals surface area contributed by atoms with Crippen LogP contribution in [0.15, 0.2) is 53.7 Å². The zero-order valence-corrected chi connectivity index (χ0v) is 19.0. The Balaban J connectivity index is 1.43. The summed E-state index contributed by atoms with van der Waals surface area (Å²) in [5.74, 6) is 1.10. The fraction of sp³-hybridized carbons (Fsp3) is 0.375. The largest absolute Gasteiger partial charge is 0.370 e. The molecule has 0 aliphatic carbocycles. The summed E-state index contributed by atoms with van der Waals surface area (Å²) in [6, 6.07) is 16.3. The van der Waals surface area contributed by atoms with Crippen molar-refractivity contribution >= 4 is 29.0 Å². The van der Waals surface area contributed by atoms with Gasteiger partial charge in [-0.05, 0) is 51.3 Å². The minimum Gasteiger partial charge on any atom is -0.370 e. The van der Waals surface area contributed by atoms with E-state index in [0.29, 0.717) is 5.75 Å². The molecule has 31 heavy (non-hydrogen) atoms. The highest BCUT2D eigenvalue weighted by molar-refractivity contribution is 7.99. The minimum atomic E-state index is -0.0304. The van der Waals surface area contributed by atoms with Crippen molar-refractivity contribution in [2.45, 2.75) is 44.8 Å². The number of anilines is 2. The molecule has 1 aliphatic heterocycles. The van der Waals surface area contributed by atoms with Crippen molar-refractivity contribution in [3.8, 4) is 11.4 Å². The van der Waals surface area contributed by atoms with Crippen molar-refractivity contribution in [3.05, 3.63) is 54.1 Å². The summed E-state index contributed by atoms with van der Waals surface area (Å²) in [6.45, 7) is 6.98. The van der Waals surface area contributed by atoms with Gasteiger partial charge >= 0.3 is 0 Å². The summed E-state index contributed by atoms with van der Waals surface area (Å²) in [4.78, 5) is 15.1. The lowest BCUT2D eigenvalue weighted by Gasteiger charge is -2.30. The van der Waals surface area contributed by atoms with E-state index in [1.54, 1.807) is 0 Å². The minimum absolute atomic E-state index is 0.0304. The number of piperidine rings is 1. The lowest BCUT2D eigenvalue weighted by molar-refractivity contribution is -0.113. The van der Waals surface area contributed by atoms with Crippen LogP contribution in [0.4, 0.5) is 11.4 Å². The van der Waals surface area contributed by atoms with E-state index in [0.717, 1.165) is 47.6 Å². The smallest absolute Gasteiger partial charge is 0.234 e. The topological polar surface area (TPSA) is 63.1 Å². The number of benzene rings is 2. The Hall–Kier alpha value is -2.80. The first-order valence-electron chi connectivity index (χ1n) is 10.9. The molecule has 4 rings (SSSR count). The summed E-state index contributed by atoms with van der Waals surface area (Å²) in [6.07, 6.45) is 3.69. The molecular formula is C24H29N5OS. The Morgan fingerprint density at radius 1 is 1.06 bits per heavy atom. The maximum Gasteiger partial charge on any atom is 0.234 e. The van der Waals surface area contributed by atoms with Crippen LogP contribution in [0.5, 0.6) is 0 Å². The third kappa shape index (κ3) is 5.10. The number of para-hydroxylation sites is 2. The molecule has 0 spiro atoms. The monoisotopic (exact) mass is 435 g/mol. The van der Waals surface area contributed by atoms with Crippen LogP contribution in [0.2, 0.25) is 0 Å². The Morgan fingerprint density at radius 3 is 2.65 bits per heavy atom. The molecule has 2 aromatic carbocycles. The van der Waals surface area contributed by atoms with Crippen LogP contribution < -0.4 is 10.2 Å². The van der Waals surface area contributed by atoms with Gasteiger partial charge in [-0.2, -0.15) is 0 Å². The molecule has 0 atom stereocenters. The van der Waals surface area contributed by atoms with Crippen LogP contribution in [-0.2, 0) is 11.3 Å². The molecule has 7 heteroatoms. The van der Waals surface area contributed by atoms with Gasteiger partial charge in [0, 0.05) is 25.2 Å². The van der Waals surface area contributed by atoms with Gasteiger partial charge in [0.25, 0.3) is 0 Å². The standard InChI is InChI=1S/C24H29N5OS/c1-3-29-23(19-11-9-10-18(2)16-19)26-27-24(29)31-17-22(30)25-20-12-5-6-13-21(20)28-14-7-4-8-15-28/h5-6,9-13,16H,3-4,7-8,14-15,17H2,1-2H3,(H,25,30). The van der Waals surface area contributed by atoms with Crippen molar-refractivity contribution in [2.75, 3.05) is 29.1 Å². The first kappa shape index (κ1) is 21.4. The molecule has 6 nitrogen and oxygen atoms in total. The predicted octanol–water partition coefficient (Wildman–Crippen LogP) is 4.99. The zero-order chi connectivity index (χ0) is 21.6. The summed E-state index contributed by atoms with van der Waals surface area (Å²) < 4.78 is 2.06. The van der Waals surface area contributed by atoms with E-state index in [1.807, 2.05) is 30.3 Å². The predicted molar refractivity (Wildman–Crippen MR) is 128 cm³/mol. The van der Waals surface area contributed by atoms with Gasteiger partial charge in [-0.15, -0.1) is 10.2 Å². The number of hydrogen-bond donors (Lipinski definition) is 1. The van der Waals surface area contributed by atoms with Crippen LogP contribution >= 0.6 is 11.8 Å². The number of nitrogens with zero attached hydrogens (tertiary/aromatic N) is 4. The molecular weight excluding hydrogens is 406 g/mol. The third-order valence-corrected chi connectivity index (χ3v) is 6.48. The molecule has 0 unspecified atom stereocenters. The van der Waals surface area contributed by atoms with E-state index in [-0.39, 0.29) is 5.91 Å². The average Bonchev–Trinajstić information content (AvgIpc) is 3.22. The maximum atomic E-state index is 12.7. The molecule has 3 aromatic rings. The molecule has 1 N–H and O–H groups in total. The van der Waals surface area contributed by atoms with Crippen LogP contribution in [-0.4, -0.2) is 39.5 Å². The highest BCUT2D eigenvalue weighted by Crippen LogP contribution is 2.29. The maximum absolute atomic E-state index is 12.7. The number of rotatable bonds is 7. The summed E-state index contributed by atoms with van der Waals surface area (Å²) >= 11 is 1.42. The van der Waals surface area contributed by atoms with Gasteiger partial charge in [-0.25, -0.2) is 0 Å². The Labute approximate surface area is 188 Å². The molecule has 0 radical (unpaired) electrons. The number of thioether (sulfide) groups is 1. The van der Waals surface area contributed by atoms with Crippen molar-refractivity contribution in [1.82, 2.24) is 14.8 Å². The molecule has 1 aliphatic rings. The Kier molecular flexibility index (Phi) is 6.92. The number of aromatic nitrogens is 3. The number of hydrogen-bond acceptors (Lipinski definition) is 5. The molecule has 0 bridgehead atoms. The molecule has 162 valence electrons. The quantitative estimate of drug-likeness (QED) is 0.530. The van der Waals surface area contributed by atoms with Gasteiger partial charge in [0.05, 0.1) is 17.1 Å². The summed E-state index contributed by atoms with van der Waals surface area (Å²) in [7, 11) is 0. The van der Waals surface area contributed by atoms with Crippen LogP contribution in [0.25, 0.3) is 11.4 Å². The molecule has 1 amide bonds. The highest BCUT2D eigenvalue weighted by atomic mass is 32.2. The van der Waals surface area contributed by atoms with E-state index in [4.69, 9.17) is 0 Å². The fourth-order valence-corrected chi connectivity index (χ4v) is 4.79. The zero-order valence-electron chi connectivity index (χ0n) is 18.2. The number of nitrogens with one attached hydrogen (secondary N) is 1. The lowest BCUT2D eigenvalue weighted by atomic mass is 10.1. The number of amides is 1. The van der Waals surface area contributed by atoms with Gasteiger partial charge in [-0.3, -0.25) is 4.79 Å². The summed E-state index contributed by atoms with van der Waals surface area (Å²) in [5.41, 5.74) is 4.22. The molecule has 0 saturated carbocycles. The first-order valence-corrected chi connectivity index (χ1v) is 11.9. The number of carbonyl (C=O) groups is 1. The van der Waals surface area contributed by atoms with Crippen molar-refractivity contribution in [3.63, 3.8) is 0 Å². The second kappa shape index (κ2) is 10.0. The lowest BCUT2D eigenvalue weighted by Crippen LogP contribution is -2.30. The highest BCUT2D eigenvalue weighted by Gasteiger charge is 2.17. The molecule has 1 fully saturated rings. The Morgan fingerprint density at radius 2 is 1.87 bits per heavy atom. The van der Waals surface area contributed by atoms with Gasteiger partial charge < -0.3 is 14.8 Å². The van der Waals surface area contributed by atoms with Gasteiger partial charge in [0.15, 0.2) is 11.0 Å². The number of carbonyl (C=O) groups excluding carboxylic acids is 1. The van der Waals surface area contributed by atoms with Crippen LogP contribution in [0.3, 0.4) is 0 Å². The third-order valence-electron chi connectivity index (χ3n) is 5.52. The van der Waals surface area contributed by atoms with Crippen LogP contribution in [0, 0.1) is 6.92 Å². The molecule has 2 heterocycles. The van der Waals surface area contributed by atoms with Crippen molar-refractivity contribution in [2.24, 2.45) is 0 Å². The fourth-order valence-electron chi connectivity index (χ4n) is 3.98. The van der Waals surface area contributed by atoms with E-state index in [9.17, 15) is 4.79 Å². The SMILES string of the molecule is CCn1c(SCC(=O)Nc2ccccc2N2CCCCC2)nnc1-c1cccc(C)c1. The van der Waals surface area contributed by atoms with Crippen LogP contribution in [0.1, 0.15) is 31.7 Å². The first-order chi connectivity index (χ1) is 15.2. The van der Waals surface area contributed by atoms with Crippen molar-refractivity contribution in [1.29, 1.82) is 0 Å². The molecule has 1 aromatic heterocycles. The summed E-state index contributed by atoms with van der Waals surface area (Å²) in [5, 5.41) is 12.6. The van der Waals surface area contributed by atoms with Gasteiger partial charge in [-0.1, -0.05) is 47.7 Å². The Bertz CT molecular complexity index is 1040. The van der Waals surface area contributed by atoms with E-state index < -0.39 is 0 Å². The van der Waals surface area contributed by atoms with Gasteiger partial charge in [0.1, 0.15) is 0 Å². The second-order valence-corrected chi connectivity index (χ2v) is 8.76. The van der Waals surface area contributed by atoms with Gasteiger partial charge in [0.2, 0.25) is 5.91 Å². The second-order valence-electron chi connectivity index (χ2n) is 7.82.